The Morgan fingerprint density at radius 3 is 2.71 bits per heavy atom. The fourth-order valence-corrected chi connectivity index (χ4v) is 1.09. The fourth-order valence-electron chi connectivity index (χ4n) is 1.09. The Morgan fingerprint density at radius 1 is 1.64 bits per heavy atom. The average molecular weight is 197 g/mol. The molecule has 0 aromatic carbocycles. The number of aromatic amines is 1. The molecule has 76 valence electrons. The third-order valence-electron chi connectivity index (χ3n) is 1.79. The van der Waals surface area contributed by atoms with Gasteiger partial charge in [0.15, 0.2) is 0 Å². The highest BCUT2D eigenvalue weighted by Crippen LogP contribution is 2.02. The van der Waals surface area contributed by atoms with Gasteiger partial charge in [0, 0.05) is 12.6 Å². The van der Waals surface area contributed by atoms with Gasteiger partial charge in [0.25, 0.3) is 5.56 Å². The third-order valence-corrected chi connectivity index (χ3v) is 1.79. The van der Waals surface area contributed by atoms with Crippen LogP contribution in [-0.4, -0.2) is 28.1 Å². The molecule has 0 saturated carbocycles. The Hall–Kier alpha value is -1.85. The lowest BCUT2D eigenvalue weighted by Gasteiger charge is -2.04. The summed E-state index contributed by atoms with van der Waals surface area (Å²) >= 11 is 0. The van der Waals surface area contributed by atoms with Gasteiger partial charge in [-0.05, 0) is 6.92 Å². The molecule has 0 amide bonds. The first kappa shape index (κ1) is 10.2. The van der Waals surface area contributed by atoms with Crippen LogP contribution in [0.1, 0.15) is 11.3 Å². The van der Waals surface area contributed by atoms with Crippen molar-refractivity contribution >= 4 is 11.9 Å². The van der Waals surface area contributed by atoms with E-state index in [1.807, 2.05) is 0 Å². The number of nitrogens with one attached hydrogen (secondary N) is 2. The van der Waals surface area contributed by atoms with Crippen LogP contribution in [0.25, 0.3) is 0 Å². The summed E-state index contributed by atoms with van der Waals surface area (Å²) in [5, 5.41) is 11.2. The van der Waals surface area contributed by atoms with Crippen LogP contribution in [0, 0.1) is 6.92 Å². The van der Waals surface area contributed by atoms with E-state index in [4.69, 9.17) is 5.11 Å². The first-order valence-corrected chi connectivity index (χ1v) is 4.04. The molecule has 1 aromatic heterocycles. The second kappa shape index (κ2) is 3.91. The summed E-state index contributed by atoms with van der Waals surface area (Å²) in [5.74, 6) is -0.709. The number of hydrogen-bond acceptors (Lipinski definition) is 4. The van der Waals surface area contributed by atoms with E-state index >= 15 is 0 Å². The van der Waals surface area contributed by atoms with Crippen molar-refractivity contribution < 1.29 is 9.90 Å². The van der Waals surface area contributed by atoms with Crippen molar-refractivity contribution in [3.63, 3.8) is 0 Å². The Balaban J connectivity index is 3.18. The van der Waals surface area contributed by atoms with E-state index in [1.165, 1.54) is 0 Å². The zero-order valence-corrected chi connectivity index (χ0v) is 7.92. The molecule has 1 rings (SSSR count). The van der Waals surface area contributed by atoms with Crippen molar-refractivity contribution in [2.75, 3.05) is 12.4 Å². The van der Waals surface area contributed by atoms with Crippen molar-refractivity contribution in [1.29, 1.82) is 0 Å². The van der Waals surface area contributed by atoms with Crippen LogP contribution in [0.15, 0.2) is 4.79 Å². The second-order valence-corrected chi connectivity index (χ2v) is 2.80. The van der Waals surface area contributed by atoms with Gasteiger partial charge in [-0.2, -0.15) is 0 Å². The zero-order chi connectivity index (χ0) is 10.7. The number of aryl methyl sites for hydroxylation is 1. The zero-order valence-electron chi connectivity index (χ0n) is 7.92. The maximum Gasteiger partial charge on any atom is 0.308 e. The van der Waals surface area contributed by atoms with E-state index in [-0.39, 0.29) is 12.0 Å². The van der Waals surface area contributed by atoms with Crippen LogP contribution in [-0.2, 0) is 11.2 Å². The molecule has 6 nitrogen and oxygen atoms in total. The molecule has 0 aliphatic heterocycles. The number of aliphatic carboxylic acids is 1. The van der Waals surface area contributed by atoms with Crippen LogP contribution in [0.2, 0.25) is 0 Å². The minimum atomic E-state index is -1.04. The molecule has 0 radical (unpaired) electrons. The van der Waals surface area contributed by atoms with Gasteiger partial charge in [-0.3, -0.25) is 14.6 Å². The summed E-state index contributed by atoms with van der Waals surface area (Å²) in [7, 11) is 1.62. The lowest BCUT2D eigenvalue weighted by atomic mass is 10.2. The molecule has 0 unspecified atom stereocenters. The number of H-pyrrole nitrogens is 1. The largest absolute Gasteiger partial charge is 0.481 e. The maximum atomic E-state index is 11.4. The van der Waals surface area contributed by atoms with Gasteiger partial charge in [0.2, 0.25) is 5.95 Å². The van der Waals surface area contributed by atoms with Gasteiger partial charge in [-0.1, -0.05) is 0 Å². The molecule has 0 spiro atoms. The molecule has 3 N–H and O–H groups in total. The SMILES string of the molecule is CNc1nc(C)c(CC(=O)O)c(=O)[nH]1. The standard InChI is InChI=1S/C8H11N3O3/c1-4-5(3-6(12)13)7(14)11-8(9-2)10-4/h3H2,1-2H3,(H,12,13)(H2,9,10,11,14). The molecule has 0 fully saturated rings. The van der Waals surface area contributed by atoms with Gasteiger partial charge in [-0.15, -0.1) is 0 Å². The molecule has 14 heavy (non-hydrogen) atoms. The summed E-state index contributed by atoms with van der Waals surface area (Å²) in [6, 6.07) is 0. The van der Waals surface area contributed by atoms with Crippen LogP contribution in [0.5, 0.6) is 0 Å². The second-order valence-electron chi connectivity index (χ2n) is 2.80. The topological polar surface area (TPSA) is 95.1 Å². The predicted molar refractivity (Wildman–Crippen MR) is 50.5 cm³/mol. The van der Waals surface area contributed by atoms with E-state index in [0.29, 0.717) is 11.6 Å². The average Bonchev–Trinajstić information content (AvgIpc) is 2.10. The Kier molecular flexibility index (Phi) is 2.85. The van der Waals surface area contributed by atoms with Crippen LogP contribution in [0.4, 0.5) is 5.95 Å². The van der Waals surface area contributed by atoms with Crippen LogP contribution >= 0.6 is 0 Å². The van der Waals surface area contributed by atoms with Crippen molar-refractivity contribution in [2.45, 2.75) is 13.3 Å². The number of nitrogens with zero attached hydrogens (tertiary/aromatic N) is 1. The summed E-state index contributed by atoms with van der Waals surface area (Å²) in [5.41, 5.74) is 0.209. The predicted octanol–water partition coefficient (Wildman–Crippen LogP) is -0.253. The number of aromatic nitrogens is 2. The third kappa shape index (κ3) is 2.09. The normalized spacial score (nSPS) is 9.86. The first-order valence-electron chi connectivity index (χ1n) is 4.04. The van der Waals surface area contributed by atoms with E-state index in [2.05, 4.69) is 15.3 Å². The van der Waals surface area contributed by atoms with Crippen molar-refractivity contribution in [1.82, 2.24) is 9.97 Å². The highest BCUT2D eigenvalue weighted by Gasteiger charge is 2.10. The molecule has 6 heteroatoms. The molecule has 0 saturated heterocycles. The lowest BCUT2D eigenvalue weighted by molar-refractivity contribution is -0.136. The number of hydrogen-bond donors (Lipinski definition) is 3. The van der Waals surface area contributed by atoms with Gasteiger partial charge in [-0.25, -0.2) is 4.98 Å². The molecule has 0 bridgehead atoms. The van der Waals surface area contributed by atoms with Crippen molar-refractivity contribution in [3.8, 4) is 0 Å². The van der Waals surface area contributed by atoms with Crippen LogP contribution < -0.4 is 10.9 Å². The molecular weight excluding hydrogens is 186 g/mol. The highest BCUT2D eigenvalue weighted by molar-refractivity contribution is 5.70. The van der Waals surface area contributed by atoms with Gasteiger partial charge in [0.1, 0.15) is 0 Å². The minimum Gasteiger partial charge on any atom is -0.481 e. The summed E-state index contributed by atoms with van der Waals surface area (Å²) in [6.07, 6.45) is -0.307. The van der Waals surface area contributed by atoms with Crippen LogP contribution in [0.3, 0.4) is 0 Å². The van der Waals surface area contributed by atoms with E-state index in [0.717, 1.165) is 0 Å². The summed E-state index contributed by atoms with van der Waals surface area (Å²) in [4.78, 5) is 28.2. The Labute approximate surface area is 80.0 Å². The molecule has 0 atom stereocenters. The monoisotopic (exact) mass is 197 g/mol. The van der Waals surface area contributed by atoms with E-state index in [1.54, 1.807) is 14.0 Å². The molecule has 1 heterocycles. The molecular formula is C8H11N3O3. The fraction of sp³-hybridized carbons (Fsp3) is 0.375. The highest BCUT2D eigenvalue weighted by atomic mass is 16.4. The maximum absolute atomic E-state index is 11.4. The smallest absolute Gasteiger partial charge is 0.308 e. The van der Waals surface area contributed by atoms with Gasteiger partial charge in [0.05, 0.1) is 12.1 Å². The van der Waals surface area contributed by atoms with E-state index < -0.39 is 11.5 Å². The Bertz CT molecular complexity index is 411. The minimum absolute atomic E-state index is 0.191. The van der Waals surface area contributed by atoms with Gasteiger partial charge >= 0.3 is 5.97 Å². The number of carboxylic acids is 1. The quantitative estimate of drug-likeness (QED) is 0.621. The summed E-state index contributed by atoms with van der Waals surface area (Å²) < 4.78 is 0. The van der Waals surface area contributed by atoms with Crippen molar-refractivity contribution in [3.05, 3.63) is 21.6 Å². The lowest BCUT2D eigenvalue weighted by Crippen LogP contribution is -2.20. The number of carbonyl (C=O) groups is 1. The number of carboxylic acid groups (broad SMARTS) is 1. The summed E-state index contributed by atoms with van der Waals surface area (Å²) in [6.45, 7) is 1.61. The van der Waals surface area contributed by atoms with Crippen molar-refractivity contribution in [2.24, 2.45) is 0 Å². The molecule has 1 aromatic rings. The number of rotatable bonds is 3. The van der Waals surface area contributed by atoms with Gasteiger partial charge < -0.3 is 10.4 Å². The number of anilines is 1. The molecule has 0 aliphatic rings. The first-order chi connectivity index (χ1) is 6.54. The van der Waals surface area contributed by atoms with E-state index in [9.17, 15) is 9.59 Å². The Morgan fingerprint density at radius 2 is 2.29 bits per heavy atom. The molecule has 0 aliphatic carbocycles.